The number of aromatic nitrogens is 3. The molecule has 0 aliphatic heterocycles. The van der Waals surface area contributed by atoms with E-state index < -0.39 is 23.2 Å². The minimum atomic E-state index is -4.70. The summed E-state index contributed by atoms with van der Waals surface area (Å²) < 4.78 is 41.3. The minimum absolute atomic E-state index is 0.0635. The topological polar surface area (TPSA) is 47.8 Å². The van der Waals surface area contributed by atoms with Crippen LogP contribution in [-0.4, -0.2) is 20.5 Å². The zero-order valence-electron chi connectivity index (χ0n) is 10.7. The highest BCUT2D eigenvalue weighted by atomic mass is 32.1. The molecule has 0 fully saturated rings. The molecule has 3 rings (SSSR count). The van der Waals surface area contributed by atoms with Gasteiger partial charge in [0.15, 0.2) is 17.3 Å². The number of hydrogen-bond donors (Lipinski definition) is 0. The second kappa shape index (κ2) is 4.66. The first-order valence-corrected chi connectivity index (χ1v) is 6.76. The summed E-state index contributed by atoms with van der Waals surface area (Å²) in [6, 6.07) is 3.39. The first kappa shape index (κ1) is 13.7. The molecule has 108 valence electrons. The second-order valence-electron chi connectivity index (χ2n) is 4.34. The molecule has 8 heteroatoms. The molecule has 0 atom stereocenters. The molecule has 0 saturated heterocycles. The average molecular weight is 311 g/mol. The van der Waals surface area contributed by atoms with Gasteiger partial charge in [-0.1, -0.05) is 0 Å². The van der Waals surface area contributed by atoms with Crippen LogP contribution in [0, 0.1) is 0 Å². The number of fused-ring (bicyclic) bond motifs is 1. The molecule has 0 aliphatic carbocycles. The van der Waals surface area contributed by atoms with Gasteiger partial charge in [-0.3, -0.25) is 4.79 Å². The predicted octanol–water partition coefficient (Wildman–Crippen LogP) is 3.70. The number of pyridine rings is 1. The van der Waals surface area contributed by atoms with Crippen LogP contribution in [0.3, 0.4) is 0 Å². The molecule has 0 aromatic carbocycles. The van der Waals surface area contributed by atoms with Gasteiger partial charge in [0.05, 0.1) is 11.8 Å². The summed E-state index contributed by atoms with van der Waals surface area (Å²) in [7, 11) is 0. The van der Waals surface area contributed by atoms with Gasteiger partial charge in [-0.25, -0.2) is 9.67 Å². The maximum Gasteiger partial charge on any atom is 0.434 e. The van der Waals surface area contributed by atoms with Crippen molar-refractivity contribution in [1.82, 2.24) is 14.8 Å². The average Bonchev–Trinajstić information content (AvgIpc) is 3.04. The molecule has 0 amide bonds. The summed E-state index contributed by atoms with van der Waals surface area (Å²) in [6.07, 6.45) is -2.35. The molecular formula is C13H8F3N3OS. The van der Waals surface area contributed by atoms with Crippen molar-refractivity contribution in [1.29, 1.82) is 0 Å². The van der Waals surface area contributed by atoms with Crippen molar-refractivity contribution in [3.63, 3.8) is 0 Å². The third-order valence-corrected chi connectivity index (χ3v) is 3.86. The Kier molecular flexibility index (Phi) is 3.05. The lowest BCUT2D eigenvalue weighted by Gasteiger charge is -2.11. The van der Waals surface area contributed by atoms with Gasteiger partial charge < -0.3 is 0 Å². The molecule has 0 unspecified atom stereocenters. The number of ketones is 1. The highest BCUT2D eigenvalue weighted by Gasteiger charge is 2.40. The predicted molar refractivity (Wildman–Crippen MR) is 71.7 cm³/mol. The van der Waals surface area contributed by atoms with Crippen LogP contribution >= 0.6 is 11.3 Å². The van der Waals surface area contributed by atoms with E-state index in [4.69, 9.17) is 0 Å². The van der Waals surface area contributed by atoms with E-state index in [0.29, 0.717) is 10.1 Å². The van der Waals surface area contributed by atoms with Gasteiger partial charge in [-0.15, -0.1) is 11.3 Å². The van der Waals surface area contributed by atoms with Crippen LogP contribution < -0.4 is 0 Å². The molecule has 0 spiro atoms. The maximum absolute atomic E-state index is 13.3. The van der Waals surface area contributed by atoms with Gasteiger partial charge in [0.25, 0.3) is 0 Å². The van der Waals surface area contributed by atoms with Gasteiger partial charge in [0.2, 0.25) is 0 Å². The first-order chi connectivity index (χ1) is 9.89. The SMILES string of the molecule is CC(=O)c1cnn(-c2nccc3sccc23)c1C(F)(F)F. The van der Waals surface area contributed by atoms with Crippen LogP contribution in [0.25, 0.3) is 15.9 Å². The molecule has 0 aliphatic rings. The van der Waals surface area contributed by atoms with Gasteiger partial charge in [0, 0.05) is 16.3 Å². The monoisotopic (exact) mass is 311 g/mol. The summed E-state index contributed by atoms with van der Waals surface area (Å²) >= 11 is 1.39. The van der Waals surface area contributed by atoms with Crippen molar-refractivity contribution in [2.45, 2.75) is 13.1 Å². The summed E-state index contributed by atoms with van der Waals surface area (Å²) in [5.74, 6) is -0.625. The van der Waals surface area contributed by atoms with E-state index in [9.17, 15) is 18.0 Å². The lowest BCUT2D eigenvalue weighted by Crippen LogP contribution is -2.17. The van der Waals surface area contributed by atoms with Gasteiger partial charge in [0.1, 0.15) is 0 Å². The number of carbonyl (C=O) groups excluding carboxylic acids is 1. The molecule has 3 aromatic heterocycles. The van der Waals surface area contributed by atoms with Crippen molar-refractivity contribution in [3.05, 3.63) is 41.2 Å². The van der Waals surface area contributed by atoms with Crippen LogP contribution in [0.15, 0.2) is 29.9 Å². The largest absolute Gasteiger partial charge is 0.434 e. The van der Waals surface area contributed by atoms with E-state index in [1.54, 1.807) is 17.5 Å². The number of Topliss-reactive ketones (excluding diaryl/α,β-unsaturated/α-hetero) is 1. The molecule has 4 nitrogen and oxygen atoms in total. The van der Waals surface area contributed by atoms with Gasteiger partial charge in [-0.05, 0) is 24.4 Å². The van der Waals surface area contributed by atoms with E-state index in [1.807, 2.05) is 0 Å². The van der Waals surface area contributed by atoms with Crippen LogP contribution in [0.5, 0.6) is 0 Å². The highest BCUT2D eigenvalue weighted by Crippen LogP contribution is 2.35. The Labute approximate surface area is 120 Å². The number of rotatable bonds is 2. The lowest BCUT2D eigenvalue weighted by atomic mass is 10.1. The van der Waals surface area contributed by atoms with E-state index in [0.717, 1.165) is 17.8 Å². The Morgan fingerprint density at radius 1 is 1.33 bits per heavy atom. The van der Waals surface area contributed by atoms with Gasteiger partial charge in [-0.2, -0.15) is 18.3 Å². The summed E-state index contributed by atoms with van der Waals surface area (Å²) in [6.45, 7) is 1.08. The van der Waals surface area contributed by atoms with Crippen molar-refractivity contribution in [2.24, 2.45) is 0 Å². The lowest BCUT2D eigenvalue weighted by molar-refractivity contribution is -0.143. The smallest absolute Gasteiger partial charge is 0.294 e. The summed E-state index contributed by atoms with van der Waals surface area (Å²) in [4.78, 5) is 15.4. The quantitative estimate of drug-likeness (QED) is 0.678. The van der Waals surface area contributed by atoms with Gasteiger partial charge >= 0.3 is 6.18 Å². The van der Waals surface area contributed by atoms with E-state index in [1.165, 1.54) is 17.5 Å². The fourth-order valence-corrected chi connectivity index (χ4v) is 2.86. The fourth-order valence-electron chi connectivity index (χ4n) is 2.09. The number of hydrogen-bond acceptors (Lipinski definition) is 4. The molecular weight excluding hydrogens is 303 g/mol. The number of alkyl halides is 3. The van der Waals surface area contributed by atoms with Crippen molar-refractivity contribution in [2.75, 3.05) is 0 Å². The van der Waals surface area contributed by atoms with Crippen LogP contribution in [0.4, 0.5) is 13.2 Å². The molecule has 0 radical (unpaired) electrons. The Balaban J connectivity index is 2.33. The van der Waals surface area contributed by atoms with Crippen molar-refractivity contribution < 1.29 is 18.0 Å². The van der Waals surface area contributed by atoms with E-state index >= 15 is 0 Å². The Morgan fingerprint density at radius 3 is 2.76 bits per heavy atom. The van der Waals surface area contributed by atoms with Crippen molar-refractivity contribution in [3.8, 4) is 5.82 Å². The maximum atomic E-state index is 13.3. The Bertz CT molecular complexity index is 835. The summed E-state index contributed by atoms with van der Waals surface area (Å²) in [5, 5.41) is 6.05. The molecule has 0 bridgehead atoms. The molecule has 0 saturated carbocycles. The molecule has 0 N–H and O–H groups in total. The molecule has 3 aromatic rings. The third kappa shape index (κ3) is 2.21. The number of thiophene rings is 1. The van der Waals surface area contributed by atoms with Crippen LogP contribution in [0.2, 0.25) is 0 Å². The minimum Gasteiger partial charge on any atom is -0.294 e. The Morgan fingerprint density at radius 2 is 2.10 bits per heavy atom. The first-order valence-electron chi connectivity index (χ1n) is 5.88. The van der Waals surface area contributed by atoms with Crippen molar-refractivity contribution >= 4 is 27.2 Å². The fraction of sp³-hybridized carbons (Fsp3) is 0.154. The second-order valence-corrected chi connectivity index (χ2v) is 5.29. The summed E-state index contributed by atoms with van der Waals surface area (Å²) in [5.41, 5.74) is -1.56. The molecule has 3 heterocycles. The zero-order valence-corrected chi connectivity index (χ0v) is 11.5. The third-order valence-electron chi connectivity index (χ3n) is 2.98. The van der Waals surface area contributed by atoms with E-state index in [2.05, 4.69) is 10.1 Å². The van der Waals surface area contributed by atoms with Crippen LogP contribution in [-0.2, 0) is 6.18 Å². The highest BCUT2D eigenvalue weighted by molar-refractivity contribution is 7.17. The number of halogens is 3. The zero-order chi connectivity index (χ0) is 15.2. The number of carbonyl (C=O) groups is 1. The standard InChI is InChI=1S/C13H8F3N3OS/c1-7(20)9-6-18-19(11(9)13(14,15)16)12-8-3-5-21-10(8)2-4-17-12/h2-6H,1H3. The number of nitrogens with zero attached hydrogens (tertiary/aromatic N) is 3. The van der Waals surface area contributed by atoms with Crippen LogP contribution in [0.1, 0.15) is 23.0 Å². The Hall–Kier alpha value is -2.22. The normalized spacial score (nSPS) is 12.0. The molecule has 21 heavy (non-hydrogen) atoms. The van der Waals surface area contributed by atoms with E-state index in [-0.39, 0.29) is 5.82 Å².